The number of rotatable bonds is 5. The predicted octanol–water partition coefficient (Wildman–Crippen LogP) is 4.37. The number of aromatic nitrogens is 3. The number of alkyl halides is 3. The predicted molar refractivity (Wildman–Crippen MR) is 90.4 cm³/mol. The van der Waals surface area contributed by atoms with Crippen LogP contribution in [-0.4, -0.2) is 20.4 Å². The lowest BCUT2D eigenvalue weighted by molar-refractivity contribution is -0.141. The smallest absolute Gasteiger partial charge is 0.324 e. The molecule has 8 heteroatoms. The van der Waals surface area contributed by atoms with Crippen LogP contribution in [0.2, 0.25) is 0 Å². The summed E-state index contributed by atoms with van der Waals surface area (Å²) in [5, 5.41) is 2.71. The van der Waals surface area contributed by atoms with Gasteiger partial charge in [-0.25, -0.2) is 9.97 Å². The molecule has 3 rings (SSSR count). The summed E-state index contributed by atoms with van der Waals surface area (Å²) in [6, 6.07) is 2.74. The Balaban J connectivity index is 1.81. The Morgan fingerprint density at radius 3 is 2.62 bits per heavy atom. The van der Waals surface area contributed by atoms with E-state index in [-0.39, 0.29) is 5.91 Å². The van der Waals surface area contributed by atoms with Gasteiger partial charge in [-0.05, 0) is 30.9 Å². The number of aryl methyl sites for hydroxylation is 1. The second-order valence-corrected chi connectivity index (χ2v) is 6.82. The van der Waals surface area contributed by atoms with Crippen LogP contribution in [0, 0.1) is 12.8 Å². The first kappa shape index (κ1) is 18.4. The number of nitrogens with zero attached hydrogens (tertiary/aromatic N) is 3. The van der Waals surface area contributed by atoms with E-state index in [2.05, 4.69) is 15.3 Å². The Bertz CT molecular complexity index is 749. The average Bonchev–Trinajstić information content (AvgIpc) is 3.25. The van der Waals surface area contributed by atoms with Gasteiger partial charge in [0.15, 0.2) is 5.69 Å². The maximum absolute atomic E-state index is 12.9. The van der Waals surface area contributed by atoms with Crippen LogP contribution in [0.25, 0.3) is 0 Å². The van der Waals surface area contributed by atoms with Crippen LogP contribution in [0.4, 0.5) is 19.0 Å². The van der Waals surface area contributed by atoms with Gasteiger partial charge < -0.3 is 9.88 Å². The number of carbonyl (C=O) groups excluding carboxylic acids is 1. The van der Waals surface area contributed by atoms with E-state index in [0.717, 1.165) is 43.8 Å². The molecule has 0 aromatic carbocycles. The minimum Gasteiger partial charge on any atom is -0.324 e. The topological polar surface area (TPSA) is 59.8 Å². The molecule has 2 aromatic rings. The second kappa shape index (κ2) is 7.47. The first-order valence-corrected chi connectivity index (χ1v) is 8.67. The highest BCUT2D eigenvalue weighted by atomic mass is 19.4. The quantitative estimate of drug-likeness (QED) is 0.855. The van der Waals surface area contributed by atoms with Crippen molar-refractivity contribution in [3.63, 3.8) is 0 Å². The first-order chi connectivity index (χ1) is 12.3. The molecule has 0 radical (unpaired) electrons. The molecule has 1 aliphatic rings. The third kappa shape index (κ3) is 4.42. The Hall–Kier alpha value is -2.38. The van der Waals surface area contributed by atoms with Crippen molar-refractivity contribution in [1.29, 1.82) is 0 Å². The van der Waals surface area contributed by atoms with Crippen molar-refractivity contribution in [2.24, 2.45) is 5.92 Å². The number of halogens is 3. The molecular formula is C18H21F3N4O. The molecule has 0 saturated heterocycles. The number of hydrogen-bond acceptors (Lipinski definition) is 3. The van der Waals surface area contributed by atoms with Crippen LogP contribution in [0.1, 0.15) is 49.4 Å². The van der Waals surface area contributed by atoms with Crippen LogP contribution in [-0.2, 0) is 11.0 Å². The minimum absolute atomic E-state index is 0.327. The van der Waals surface area contributed by atoms with E-state index < -0.39 is 17.9 Å². The summed E-state index contributed by atoms with van der Waals surface area (Å²) in [4.78, 5) is 20.3. The molecule has 1 aliphatic carbocycles. The fourth-order valence-corrected chi connectivity index (χ4v) is 3.33. The lowest BCUT2D eigenvalue weighted by Crippen LogP contribution is -2.27. The Morgan fingerprint density at radius 1 is 1.31 bits per heavy atom. The van der Waals surface area contributed by atoms with Crippen LogP contribution in [0.3, 0.4) is 0 Å². The maximum atomic E-state index is 12.9. The van der Waals surface area contributed by atoms with E-state index in [9.17, 15) is 18.0 Å². The van der Waals surface area contributed by atoms with Crippen molar-refractivity contribution in [1.82, 2.24) is 14.5 Å². The van der Waals surface area contributed by atoms with E-state index in [1.165, 1.54) is 4.57 Å². The molecule has 5 nitrogen and oxygen atoms in total. The number of anilines is 1. The molecule has 26 heavy (non-hydrogen) atoms. The number of pyridine rings is 1. The number of amides is 1. The summed E-state index contributed by atoms with van der Waals surface area (Å²) in [5.74, 6) is 0.334. The van der Waals surface area contributed by atoms with Crippen LogP contribution in [0.15, 0.2) is 30.9 Å². The normalized spacial score (nSPS) is 16.6. The van der Waals surface area contributed by atoms with Crippen molar-refractivity contribution in [3.8, 4) is 0 Å². The molecule has 2 heterocycles. The van der Waals surface area contributed by atoms with Gasteiger partial charge >= 0.3 is 6.18 Å². The summed E-state index contributed by atoms with van der Waals surface area (Å²) < 4.78 is 39.9. The maximum Gasteiger partial charge on any atom is 0.434 e. The fraction of sp³-hybridized carbons (Fsp3) is 0.500. The third-order valence-corrected chi connectivity index (χ3v) is 4.75. The lowest BCUT2D eigenvalue weighted by atomic mass is 9.97. The second-order valence-electron chi connectivity index (χ2n) is 6.82. The van der Waals surface area contributed by atoms with E-state index >= 15 is 0 Å². The Labute approximate surface area is 149 Å². The highest BCUT2D eigenvalue weighted by Gasteiger charge is 2.35. The Morgan fingerprint density at radius 2 is 2.04 bits per heavy atom. The molecule has 1 amide bonds. The third-order valence-electron chi connectivity index (χ3n) is 4.75. The van der Waals surface area contributed by atoms with E-state index in [0.29, 0.717) is 18.2 Å². The monoisotopic (exact) mass is 366 g/mol. The van der Waals surface area contributed by atoms with Crippen molar-refractivity contribution < 1.29 is 18.0 Å². The highest BCUT2D eigenvalue weighted by Crippen LogP contribution is 2.34. The molecule has 0 aliphatic heterocycles. The molecule has 1 N–H and O–H groups in total. The van der Waals surface area contributed by atoms with Gasteiger partial charge in [0.25, 0.3) is 0 Å². The fourth-order valence-electron chi connectivity index (χ4n) is 3.33. The van der Waals surface area contributed by atoms with E-state index in [1.807, 2.05) is 13.0 Å². The summed E-state index contributed by atoms with van der Waals surface area (Å²) in [7, 11) is 0. The molecule has 0 bridgehead atoms. The van der Waals surface area contributed by atoms with E-state index in [1.54, 1.807) is 12.3 Å². The average molecular weight is 366 g/mol. The number of imidazole rings is 1. The van der Waals surface area contributed by atoms with Crippen molar-refractivity contribution >= 4 is 11.7 Å². The van der Waals surface area contributed by atoms with Crippen molar-refractivity contribution in [3.05, 3.63) is 42.1 Å². The lowest BCUT2D eigenvalue weighted by Gasteiger charge is -2.21. The number of carbonyl (C=O) groups is 1. The molecule has 0 spiro atoms. The van der Waals surface area contributed by atoms with Crippen LogP contribution in [0.5, 0.6) is 0 Å². The van der Waals surface area contributed by atoms with Crippen LogP contribution >= 0.6 is 0 Å². The largest absolute Gasteiger partial charge is 0.434 e. The van der Waals surface area contributed by atoms with Gasteiger partial charge in [-0.2, -0.15) is 13.2 Å². The zero-order valence-corrected chi connectivity index (χ0v) is 14.5. The summed E-state index contributed by atoms with van der Waals surface area (Å²) >= 11 is 0. The molecule has 1 atom stereocenters. The van der Waals surface area contributed by atoms with Gasteiger partial charge in [-0.1, -0.05) is 31.7 Å². The highest BCUT2D eigenvalue weighted by molar-refractivity contribution is 5.92. The van der Waals surface area contributed by atoms with Gasteiger partial charge in [-0.3, -0.25) is 4.79 Å². The summed E-state index contributed by atoms with van der Waals surface area (Å²) in [6.45, 7) is 1.88. The van der Waals surface area contributed by atoms with Gasteiger partial charge in [0.1, 0.15) is 11.9 Å². The zero-order valence-electron chi connectivity index (χ0n) is 14.5. The molecule has 140 valence electrons. The summed E-state index contributed by atoms with van der Waals surface area (Å²) in [6.07, 6.45) is 3.75. The van der Waals surface area contributed by atoms with Crippen molar-refractivity contribution in [2.75, 3.05) is 5.32 Å². The molecule has 1 saturated carbocycles. The zero-order chi connectivity index (χ0) is 18.7. The molecule has 1 fully saturated rings. The summed E-state index contributed by atoms with van der Waals surface area (Å²) in [5.41, 5.74) is -0.0369. The molecule has 2 aromatic heterocycles. The van der Waals surface area contributed by atoms with Gasteiger partial charge in [0.2, 0.25) is 5.91 Å². The van der Waals surface area contributed by atoms with Crippen LogP contribution < -0.4 is 5.32 Å². The van der Waals surface area contributed by atoms with Gasteiger partial charge in [0, 0.05) is 12.4 Å². The van der Waals surface area contributed by atoms with Gasteiger partial charge in [0.05, 0.1) is 6.33 Å². The minimum atomic E-state index is -4.53. The van der Waals surface area contributed by atoms with Gasteiger partial charge in [-0.15, -0.1) is 0 Å². The van der Waals surface area contributed by atoms with E-state index in [4.69, 9.17) is 0 Å². The SMILES string of the molecule is Cc1ccc(NC(=O)[C@H](CC2CCCC2)n2cnc(C(F)(F)F)c2)nc1. The molecule has 0 unspecified atom stereocenters. The standard InChI is InChI=1S/C18H21F3N4O/c1-12-6-7-16(22-9-12)24-17(26)14(8-13-4-2-3-5-13)25-10-15(23-11-25)18(19,20)21/h6-7,9-11,13-14H,2-5,8H2,1H3,(H,22,24,26)/t14-/m0/s1. The molecular weight excluding hydrogens is 345 g/mol. The number of hydrogen-bond donors (Lipinski definition) is 1. The number of nitrogens with one attached hydrogen (secondary N) is 1. The van der Waals surface area contributed by atoms with Crippen molar-refractivity contribution in [2.45, 2.75) is 51.2 Å². The first-order valence-electron chi connectivity index (χ1n) is 8.67. The Kier molecular flexibility index (Phi) is 5.29.